The van der Waals surface area contributed by atoms with Crippen LogP contribution < -0.4 is 4.74 Å². The van der Waals surface area contributed by atoms with Crippen LogP contribution in [0.5, 0.6) is 5.75 Å². The van der Waals surface area contributed by atoms with E-state index in [0.717, 1.165) is 48.3 Å². The second-order valence-electron chi connectivity index (χ2n) is 5.52. The zero-order chi connectivity index (χ0) is 14.8. The van der Waals surface area contributed by atoms with E-state index >= 15 is 0 Å². The summed E-state index contributed by atoms with van der Waals surface area (Å²) in [6.45, 7) is 0. The van der Waals surface area contributed by atoms with Crippen molar-refractivity contribution in [3.8, 4) is 5.75 Å². The molecule has 1 aromatic heterocycles. The molecule has 2 atom stereocenters. The van der Waals surface area contributed by atoms with Crippen molar-refractivity contribution in [3.63, 3.8) is 0 Å². The van der Waals surface area contributed by atoms with Crippen LogP contribution in [0, 0.1) is 0 Å². The van der Waals surface area contributed by atoms with Crippen LogP contribution in [0.25, 0.3) is 11.0 Å². The van der Waals surface area contributed by atoms with Gasteiger partial charge in [-0.2, -0.15) is 0 Å². The lowest BCUT2D eigenvalue weighted by Gasteiger charge is -2.17. The molecule has 1 saturated carbocycles. The first-order chi connectivity index (χ1) is 10.3. The number of rotatable bonds is 5. The van der Waals surface area contributed by atoms with Gasteiger partial charge < -0.3 is 14.0 Å². The molecule has 4 nitrogen and oxygen atoms in total. The monoisotopic (exact) mass is 308 g/mol. The van der Waals surface area contributed by atoms with Gasteiger partial charge in [-0.05, 0) is 31.4 Å². The van der Waals surface area contributed by atoms with Crippen molar-refractivity contribution in [3.05, 3.63) is 24.0 Å². The lowest BCUT2D eigenvalue weighted by atomic mass is 10.2. The highest BCUT2D eigenvalue weighted by Crippen LogP contribution is 2.36. The molecule has 1 aromatic carbocycles. The standard InChI is InChI=1S/C16H21ClN2O2/c1-20-12-4-3-11(9-12)19-15-10-13(21-2)5-6-14(15)18-16(19)7-8-17/h5-6,10-12H,3-4,7-9H2,1-2H3. The number of imidazole rings is 1. The summed E-state index contributed by atoms with van der Waals surface area (Å²) in [5, 5.41) is 0. The van der Waals surface area contributed by atoms with E-state index in [1.807, 2.05) is 12.1 Å². The third-order valence-corrected chi connectivity index (χ3v) is 4.53. The molecule has 1 heterocycles. The quantitative estimate of drug-likeness (QED) is 0.792. The first kappa shape index (κ1) is 14.7. The fourth-order valence-electron chi connectivity index (χ4n) is 3.28. The van der Waals surface area contributed by atoms with Crippen molar-refractivity contribution in [2.75, 3.05) is 20.1 Å². The van der Waals surface area contributed by atoms with Gasteiger partial charge in [-0.15, -0.1) is 11.6 Å². The average molecular weight is 309 g/mol. The molecule has 1 aliphatic carbocycles. The molecule has 21 heavy (non-hydrogen) atoms. The van der Waals surface area contributed by atoms with E-state index in [2.05, 4.69) is 10.6 Å². The largest absolute Gasteiger partial charge is 0.497 e. The van der Waals surface area contributed by atoms with Crippen LogP contribution in [-0.4, -0.2) is 35.8 Å². The molecule has 1 aliphatic rings. The van der Waals surface area contributed by atoms with Crippen molar-refractivity contribution >= 4 is 22.6 Å². The van der Waals surface area contributed by atoms with Gasteiger partial charge in [0.2, 0.25) is 0 Å². The molecule has 0 aliphatic heterocycles. The summed E-state index contributed by atoms with van der Waals surface area (Å²) >= 11 is 5.95. The minimum Gasteiger partial charge on any atom is -0.497 e. The number of ether oxygens (including phenoxy) is 2. The maximum atomic E-state index is 5.95. The number of hydrogen-bond donors (Lipinski definition) is 0. The van der Waals surface area contributed by atoms with E-state index in [-0.39, 0.29) is 0 Å². The first-order valence-electron chi connectivity index (χ1n) is 7.40. The third-order valence-electron chi connectivity index (χ3n) is 4.34. The number of hydrogen-bond acceptors (Lipinski definition) is 3. The molecule has 0 spiro atoms. The molecule has 1 fully saturated rings. The predicted octanol–water partition coefficient (Wildman–Crippen LogP) is 3.57. The second-order valence-corrected chi connectivity index (χ2v) is 5.89. The van der Waals surface area contributed by atoms with Crippen LogP contribution in [0.4, 0.5) is 0 Å². The number of methoxy groups -OCH3 is 2. The molecule has 2 aromatic rings. The summed E-state index contributed by atoms with van der Waals surface area (Å²) in [6.07, 6.45) is 4.39. The van der Waals surface area contributed by atoms with Crippen LogP contribution in [0.2, 0.25) is 0 Å². The molecule has 0 saturated heterocycles. The number of alkyl halides is 1. The van der Waals surface area contributed by atoms with E-state index in [0.29, 0.717) is 18.0 Å². The molecule has 3 rings (SSSR count). The van der Waals surface area contributed by atoms with Crippen LogP contribution in [0.15, 0.2) is 18.2 Å². The first-order valence-corrected chi connectivity index (χ1v) is 7.94. The van der Waals surface area contributed by atoms with Gasteiger partial charge in [0.1, 0.15) is 11.6 Å². The lowest BCUT2D eigenvalue weighted by molar-refractivity contribution is 0.106. The van der Waals surface area contributed by atoms with Gasteiger partial charge in [0.15, 0.2) is 0 Å². The third kappa shape index (κ3) is 2.74. The van der Waals surface area contributed by atoms with Crippen LogP contribution in [0.1, 0.15) is 31.1 Å². The topological polar surface area (TPSA) is 36.3 Å². The average Bonchev–Trinajstić information content (AvgIpc) is 3.10. The Balaban J connectivity index is 2.06. The zero-order valence-corrected chi connectivity index (χ0v) is 13.3. The molecule has 0 N–H and O–H groups in total. The molecule has 0 bridgehead atoms. The van der Waals surface area contributed by atoms with Crippen LogP contribution >= 0.6 is 11.6 Å². The Morgan fingerprint density at radius 2 is 2.19 bits per heavy atom. The van der Waals surface area contributed by atoms with E-state index in [1.54, 1.807) is 14.2 Å². The Hall–Kier alpha value is -1.26. The number of nitrogens with zero attached hydrogens (tertiary/aromatic N) is 2. The number of fused-ring (bicyclic) bond motifs is 1. The van der Waals surface area contributed by atoms with Gasteiger partial charge in [0.05, 0.1) is 24.2 Å². The molecule has 5 heteroatoms. The van der Waals surface area contributed by atoms with Crippen molar-refractivity contribution in [1.82, 2.24) is 9.55 Å². The number of halogens is 1. The normalized spacial score (nSPS) is 22.0. The molecular formula is C16H21ClN2O2. The Morgan fingerprint density at radius 3 is 2.86 bits per heavy atom. The number of aryl methyl sites for hydroxylation is 1. The molecule has 0 amide bonds. The maximum absolute atomic E-state index is 5.95. The zero-order valence-electron chi connectivity index (χ0n) is 12.5. The van der Waals surface area contributed by atoms with E-state index < -0.39 is 0 Å². The van der Waals surface area contributed by atoms with E-state index in [4.69, 9.17) is 26.1 Å². The van der Waals surface area contributed by atoms with Crippen molar-refractivity contribution in [1.29, 1.82) is 0 Å². The SMILES string of the molecule is COc1ccc2nc(CCCl)n(C3CCC(OC)C3)c2c1. The summed E-state index contributed by atoms with van der Waals surface area (Å²) in [7, 11) is 3.49. The van der Waals surface area contributed by atoms with Gasteiger partial charge in [-0.25, -0.2) is 4.98 Å². The second kappa shape index (κ2) is 6.24. The lowest BCUT2D eigenvalue weighted by Crippen LogP contribution is -2.12. The molecule has 2 unspecified atom stereocenters. The van der Waals surface area contributed by atoms with Crippen molar-refractivity contribution in [2.45, 2.75) is 37.8 Å². The van der Waals surface area contributed by atoms with Gasteiger partial charge in [-0.1, -0.05) is 0 Å². The summed E-state index contributed by atoms with van der Waals surface area (Å²) in [4.78, 5) is 4.76. The van der Waals surface area contributed by atoms with Crippen molar-refractivity contribution in [2.24, 2.45) is 0 Å². The maximum Gasteiger partial charge on any atom is 0.121 e. The fourth-order valence-corrected chi connectivity index (χ4v) is 3.45. The minimum absolute atomic E-state index is 0.349. The Labute approximate surface area is 130 Å². The van der Waals surface area contributed by atoms with Gasteiger partial charge >= 0.3 is 0 Å². The van der Waals surface area contributed by atoms with Gasteiger partial charge in [0, 0.05) is 31.5 Å². The summed E-state index contributed by atoms with van der Waals surface area (Å²) in [6, 6.07) is 6.48. The molecule has 0 radical (unpaired) electrons. The van der Waals surface area contributed by atoms with Crippen molar-refractivity contribution < 1.29 is 9.47 Å². The number of aromatic nitrogens is 2. The van der Waals surface area contributed by atoms with E-state index in [1.165, 1.54) is 0 Å². The molecular weight excluding hydrogens is 288 g/mol. The Bertz CT molecular complexity index is 626. The predicted molar refractivity (Wildman–Crippen MR) is 84.4 cm³/mol. The number of benzene rings is 1. The summed E-state index contributed by atoms with van der Waals surface area (Å²) in [5.74, 6) is 2.51. The Kier molecular flexibility index (Phi) is 4.36. The van der Waals surface area contributed by atoms with E-state index in [9.17, 15) is 0 Å². The highest BCUT2D eigenvalue weighted by atomic mass is 35.5. The highest BCUT2D eigenvalue weighted by molar-refractivity contribution is 6.17. The smallest absolute Gasteiger partial charge is 0.121 e. The minimum atomic E-state index is 0.349. The van der Waals surface area contributed by atoms with Gasteiger partial charge in [-0.3, -0.25) is 0 Å². The molecule has 114 valence electrons. The van der Waals surface area contributed by atoms with Crippen LogP contribution in [-0.2, 0) is 11.2 Å². The fraction of sp³-hybridized carbons (Fsp3) is 0.562. The summed E-state index contributed by atoms with van der Waals surface area (Å²) in [5.41, 5.74) is 2.15. The van der Waals surface area contributed by atoms with Gasteiger partial charge in [0.25, 0.3) is 0 Å². The Morgan fingerprint density at radius 1 is 1.33 bits per heavy atom. The van der Waals surface area contributed by atoms with Crippen LogP contribution in [0.3, 0.4) is 0 Å². The summed E-state index contributed by atoms with van der Waals surface area (Å²) < 4.78 is 13.2. The highest BCUT2D eigenvalue weighted by Gasteiger charge is 2.28.